The van der Waals surface area contributed by atoms with E-state index in [4.69, 9.17) is 21.4 Å². The highest BCUT2D eigenvalue weighted by Crippen LogP contribution is 2.22. The number of rotatable bonds is 6. The Morgan fingerprint density at radius 1 is 1.61 bits per heavy atom. The maximum atomic E-state index is 11.1. The Balaban J connectivity index is 1.97. The molecule has 1 unspecified atom stereocenters. The minimum atomic E-state index is -0.962. The summed E-state index contributed by atoms with van der Waals surface area (Å²) in [4.78, 5) is 11.1. The lowest BCUT2D eigenvalue weighted by molar-refractivity contribution is -0.144. The van der Waals surface area contributed by atoms with E-state index >= 15 is 0 Å². The normalized spacial score (nSPS) is 16.3. The molecule has 0 radical (unpaired) electrons. The number of carboxylic acid groups (broad SMARTS) is 1. The quantitative estimate of drug-likeness (QED) is 0.831. The number of halogens is 1. The molecule has 0 saturated heterocycles. The minimum Gasteiger partial charge on any atom is -0.478 e. The van der Waals surface area contributed by atoms with E-state index in [-0.39, 0.29) is 0 Å². The Hall–Kier alpha value is -1.26. The molecule has 0 aliphatic heterocycles. The van der Waals surface area contributed by atoms with Crippen molar-refractivity contribution in [1.29, 1.82) is 0 Å². The summed E-state index contributed by atoms with van der Waals surface area (Å²) in [6, 6.07) is 5.60. The first-order chi connectivity index (χ1) is 8.56. The third-order valence-corrected chi connectivity index (χ3v) is 3.28. The van der Waals surface area contributed by atoms with Gasteiger partial charge in [-0.05, 0) is 43.5 Å². The fourth-order valence-electron chi connectivity index (χ4n) is 1.60. The fourth-order valence-corrected chi connectivity index (χ4v) is 1.71. The molecular weight excluding hydrogens is 254 g/mol. The number of hydrogen-bond donors (Lipinski definition) is 2. The molecule has 1 aromatic carbocycles. The summed E-state index contributed by atoms with van der Waals surface area (Å²) in [5.74, 6) is -0.433. The number of ether oxygens (including phenoxy) is 1. The minimum absolute atomic E-state index is 0.321. The predicted molar refractivity (Wildman–Crippen MR) is 69.3 cm³/mol. The van der Waals surface area contributed by atoms with Crippen molar-refractivity contribution in [3.63, 3.8) is 0 Å². The molecule has 2 rings (SSSR count). The van der Waals surface area contributed by atoms with Crippen LogP contribution in [-0.2, 0) is 4.79 Å². The molecule has 1 aromatic rings. The number of aryl methyl sites for hydroxylation is 1. The van der Waals surface area contributed by atoms with Gasteiger partial charge in [-0.15, -0.1) is 0 Å². The average molecular weight is 270 g/mol. The molecule has 1 aliphatic carbocycles. The van der Waals surface area contributed by atoms with Gasteiger partial charge in [0.1, 0.15) is 5.75 Å². The van der Waals surface area contributed by atoms with Gasteiger partial charge >= 0.3 is 5.97 Å². The second kappa shape index (κ2) is 5.59. The summed E-state index contributed by atoms with van der Waals surface area (Å²) < 4.78 is 5.47. The van der Waals surface area contributed by atoms with Crippen molar-refractivity contribution in [2.75, 3.05) is 6.54 Å². The lowest BCUT2D eigenvalue weighted by Crippen LogP contribution is -2.38. The van der Waals surface area contributed by atoms with E-state index in [0.717, 1.165) is 18.4 Å². The zero-order valence-electron chi connectivity index (χ0n) is 10.1. The van der Waals surface area contributed by atoms with E-state index in [0.29, 0.717) is 23.4 Å². The van der Waals surface area contributed by atoms with E-state index in [1.807, 2.05) is 6.92 Å². The fraction of sp³-hybridized carbons (Fsp3) is 0.462. The SMILES string of the molecule is Cc1cc(OC(CNC2CC2)C(=O)O)ccc1Cl. The van der Waals surface area contributed by atoms with Crippen molar-refractivity contribution in [2.24, 2.45) is 0 Å². The first-order valence-corrected chi connectivity index (χ1v) is 6.33. The lowest BCUT2D eigenvalue weighted by Gasteiger charge is -2.16. The number of nitrogens with one attached hydrogen (secondary N) is 1. The molecule has 0 bridgehead atoms. The summed E-state index contributed by atoms with van der Waals surface area (Å²) in [5.41, 5.74) is 0.869. The van der Waals surface area contributed by atoms with Crippen molar-refractivity contribution in [3.8, 4) is 5.75 Å². The van der Waals surface area contributed by atoms with Crippen LogP contribution in [0.15, 0.2) is 18.2 Å². The topological polar surface area (TPSA) is 58.6 Å². The molecule has 1 saturated carbocycles. The van der Waals surface area contributed by atoms with Gasteiger partial charge in [-0.25, -0.2) is 4.79 Å². The van der Waals surface area contributed by atoms with E-state index in [2.05, 4.69) is 5.32 Å². The van der Waals surface area contributed by atoms with Gasteiger partial charge in [-0.2, -0.15) is 0 Å². The molecule has 4 nitrogen and oxygen atoms in total. The number of benzene rings is 1. The van der Waals surface area contributed by atoms with Crippen molar-refractivity contribution in [2.45, 2.75) is 31.9 Å². The molecule has 0 heterocycles. The van der Waals surface area contributed by atoms with Gasteiger partial charge < -0.3 is 15.2 Å². The van der Waals surface area contributed by atoms with Crippen molar-refractivity contribution in [3.05, 3.63) is 28.8 Å². The molecule has 0 spiro atoms. The highest BCUT2D eigenvalue weighted by Gasteiger charge is 2.25. The summed E-state index contributed by atoms with van der Waals surface area (Å²) in [6.45, 7) is 2.18. The molecule has 1 fully saturated rings. The number of carbonyl (C=O) groups is 1. The van der Waals surface area contributed by atoms with Crippen LogP contribution < -0.4 is 10.1 Å². The van der Waals surface area contributed by atoms with Crippen LogP contribution in [0.5, 0.6) is 5.75 Å². The van der Waals surface area contributed by atoms with E-state index < -0.39 is 12.1 Å². The first kappa shape index (κ1) is 13.2. The molecule has 1 atom stereocenters. The van der Waals surface area contributed by atoms with Crippen LogP contribution in [0.1, 0.15) is 18.4 Å². The zero-order chi connectivity index (χ0) is 13.1. The molecule has 1 aliphatic rings. The van der Waals surface area contributed by atoms with Gasteiger partial charge in [0.15, 0.2) is 0 Å². The van der Waals surface area contributed by atoms with Crippen LogP contribution in [0.4, 0.5) is 0 Å². The van der Waals surface area contributed by atoms with Crippen LogP contribution in [0, 0.1) is 6.92 Å². The molecular formula is C13H16ClNO3. The largest absolute Gasteiger partial charge is 0.478 e. The van der Waals surface area contributed by atoms with E-state index in [9.17, 15) is 4.79 Å². The average Bonchev–Trinajstić information content (AvgIpc) is 3.12. The summed E-state index contributed by atoms with van der Waals surface area (Å²) in [6.07, 6.45) is 1.37. The van der Waals surface area contributed by atoms with Crippen LogP contribution in [0.2, 0.25) is 5.02 Å². The molecule has 18 heavy (non-hydrogen) atoms. The van der Waals surface area contributed by atoms with Gasteiger partial charge in [0.25, 0.3) is 0 Å². The Labute approximate surface area is 111 Å². The summed E-state index contributed by atoms with van der Waals surface area (Å²) in [5, 5.41) is 12.9. The number of aliphatic carboxylic acids is 1. The third-order valence-electron chi connectivity index (χ3n) is 2.85. The van der Waals surface area contributed by atoms with Crippen molar-refractivity contribution >= 4 is 17.6 Å². The Morgan fingerprint density at radius 3 is 2.89 bits per heavy atom. The maximum Gasteiger partial charge on any atom is 0.346 e. The molecule has 0 amide bonds. The molecule has 0 aromatic heterocycles. The number of hydrogen-bond acceptors (Lipinski definition) is 3. The lowest BCUT2D eigenvalue weighted by atomic mass is 10.2. The molecule has 2 N–H and O–H groups in total. The Kier molecular flexibility index (Phi) is 4.09. The van der Waals surface area contributed by atoms with Crippen LogP contribution in [0.3, 0.4) is 0 Å². The van der Waals surface area contributed by atoms with Gasteiger partial charge in [-0.1, -0.05) is 11.6 Å². The van der Waals surface area contributed by atoms with Crippen LogP contribution in [-0.4, -0.2) is 29.8 Å². The second-order valence-electron chi connectivity index (χ2n) is 4.54. The van der Waals surface area contributed by atoms with Gasteiger partial charge in [0.05, 0.1) is 0 Å². The van der Waals surface area contributed by atoms with E-state index in [1.54, 1.807) is 18.2 Å². The summed E-state index contributed by atoms with van der Waals surface area (Å²) in [7, 11) is 0. The first-order valence-electron chi connectivity index (χ1n) is 5.95. The van der Waals surface area contributed by atoms with E-state index in [1.165, 1.54) is 0 Å². The van der Waals surface area contributed by atoms with Crippen molar-refractivity contribution < 1.29 is 14.6 Å². The molecule has 98 valence electrons. The van der Waals surface area contributed by atoms with Gasteiger partial charge in [-0.3, -0.25) is 0 Å². The smallest absolute Gasteiger partial charge is 0.346 e. The molecule has 5 heteroatoms. The zero-order valence-corrected chi connectivity index (χ0v) is 10.9. The highest BCUT2D eigenvalue weighted by atomic mass is 35.5. The van der Waals surface area contributed by atoms with Crippen LogP contribution in [0.25, 0.3) is 0 Å². The van der Waals surface area contributed by atoms with Gasteiger partial charge in [0, 0.05) is 17.6 Å². The van der Waals surface area contributed by atoms with Crippen LogP contribution >= 0.6 is 11.6 Å². The Bertz CT molecular complexity index is 446. The maximum absolute atomic E-state index is 11.1. The monoisotopic (exact) mass is 269 g/mol. The highest BCUT2D eigenvalue weighted by molar-refractivity contribution is 6.31. The second-order valence-corrected chi connectivity index (χ2v) is 4.95. The van der Waals surface area contributed by atoms with Gasteiger partial charge in [0.2, 0.25) is 6.10 Å². The van der Waals surface area contributed by atoms with Crippen molar-refractivity contribution in [1.82, 2.24) is 5.32 Å². The summed E-state index contributed by atoms with van der Waals surface area (Å²) >= 11 is 5.91. The number of carboxylic acids is 1. The Morgan fingerprint density at radius 2 is 2.33 bits per heavy atom. The predicted octanol–water partition coefficient (Wildman–Crippen LogP) is 2.23. The standard InChI is InChI=1S/C13H16ClNO3/c1-8-6-10(4-5-11(8)14)18-12(13(16)17)7-15-9-2-3-9/h4-6,9,12,15H,2-3,7H2,1H3,(H,16,17). The third kappa shape index (κ3) is 3.62.